The lowest BCUT2D eigenvalue weighted by atomic mass is 10.1. The number of aryl methyl sites for hydroxylation is 2. The lowest BCUT2D eigenvalue weighted by Crippen LogP contribution is -1.78. The van der Waals surface area contributed by atoms with Gasteiger partial charge in [0.15, 0.2) is 0 Å². The first-order chi connectivity index (χ1) is 5.65. The van der Waals surface area contributed by atoms with Gasteiger partial charge in [-0.05, 0) is 36.6 Å². The van der Waals surface area contributed by atoms with Gasteiger partial charge < -0.3 is 0 Å². The summed E-state index contributed by atoms with van der Waals surface area (Å²) in [5.74, 6) is 0. The molecule has 0 radical (unpaired) electrons. The van der Waals surface area contributed by atoms with Gasteiger partial charge in [0.1, 0.15) is 0 Å². The number of azide groups is 1. The second-order valence-electron chi connectivity index (χ2n) is 2.60. The SMILES string of the molecule is Cc1cc(C)c(N=[N+]=[N-])c(Br)c1. The van der Waals surface area contributed by atoms with Crippen molar-refractivity contribution in [2.75, 3.05) is 0 Å². The first-order valence-corrected chi connectivity index (χ1v) is 4.26. The lowest BCUT2D eigenvalue weighted by Gasteiger charge is -2.03. The predicted octanol–water partition coefficient (Wildman–Crippen LogP) is 4.01. The van der Waals surface area contributed by atoms with Crippen LogP contribution in [0.25, 0.3) is 10.4 Å². The second kappa shape index (κ2) is 3.61. The molecule has 1 aromatic rings. The Balaban J connectivity index is 3.37. The topological polar surface area (TPSA) is 48.8 Å². The summed E-state index contributed by atoms with van der Waals surface area (Å²) >= 11 is 3.33. The van der Waals surface area contributed by atoms with Crippen LogP contribution in [0.3, 0.4) is 0 Å². The molecule has 0 aliphatic heterocycles. The fraction of sp³-hybridized carbons (Fsp3) is 0.250. The summed E-state index contributed by atoms with van der Waals surface area (Å²) in [6.45, 7) is 3.92. The van der Waals surface area contributed by atoms with Crippen molar-refractivity contribution in [1.29, 1.82) is 0 Å². The van der Waals surface area contributed by atoms with Gasteiger partial charge in [-0.2, -0.15) is 0 Å². The minimum atomic E-state index is 0.670. The Morgan fingerprint density at radius 3 is 2.58 bits per heavy atom. The molecule has 0 fully saturated rings. The lowest BCUT2D eigenvalue weighted by molar-refractivity contribution is 1.31. The highest BCUT2D eigenvalue weighted by molar-refractivity contribution is 9.10. The molecule has 0 atom stereocenters. The third-order valence-corrected chi connectivity index (χ3v) is 2.15. The number of halogens is 1. The average Bonchev–Trinajstić information content (AvgIpc) is 1.96. The van der Waals surface area contributed by atoms with E-state index in [-0.39, 0.29) is 0 Å². The molecular formula is C8H8BrN3. The highest BCUT2D eigenvalue weighted by Crippen LogP contribution is 2.30. The molecule has 62 valence electrons. The van der Waals surface area contributed by atoms with E-state index in [0.29, 0.717) is 5.69 Å². The monoisotopic (exact) mass is 225 g/mol. The molecule has 0 N–H and O–H groups in total. The predicted molar refractivity (Wildman–Crippen MR) is 52.4 cm³/mol. The van der Waals surface area contributed by atoms with Crippen molar-refractivity contribution >= 4 is 21.6 Å². The van der Waals surface area contributed by atoms with Crippen LogP contribution >= 0.6 is 15.9 Å². The van der Waals surface area contributed by atoms with Crippen molar-refractivity contribution in [2.24, 2.45) is 5.11 Å². The molecule has 12 heavy (non-hydrogen) atoms. The minimum Gasteiger partial charge on any atom is -0.0593 e. The smallest absolute Gasteiger partial charge is 0.0546 e. The summed E-state index contributed by atoms with van der Waals surface area (Å²) in [5.41, 5.74) is 11.1. The van der Waals surface area contributed by atoms with Gasteiger partial charge in [0.2, 0.25) is 0 Å². The Labute approximate surface area is 79.2 Å². The molecule has 0 saturated heterocycles. The molecule has 0 saturated carbocycles. The zero-order chi connectivity index (χ0) is 9.14. The Hall–Kier alpha value is -0.990. The van der Waals surface area contributed by atoms with Crippen LogP contribution in [0.4, 0.5) is 5.69 Å². The molecule has 0 aliphatic rings. The van der Waals surface area contributed by atoms with Crippen molar-refractivity contribution < 1.29 is 0 Å². The molecule has 4 heteroatoms. The fourth-order valence-corrected chi connectivity index (χ4v) is 1.83. The summed E-state index contributed by atoms with van der Waals surface area (Å²) in [6.07, 6.45) is 0. The molecule has 0 amide bonds. The van der Waals surface area contributed by atoms with Crippen LogP contribution in [0.1, 0.15) is 11.1 Å². The molecule has 3 nitrogen and oxygen atoms in total. The van der Waals surface area contributed by atoms with Crippen LogP contribution in [0.5, 0.6) is 0 Å². The number of rotatable bonds is 1. The normalized spacial score (nSPS) is 9.25. The zero-order valence-corrected chi connectivity index (χ0v) is 8.46. The summed E-state index contributed by atoms with van der Waals surface area (Å²) in [6, 6.07) is 3.91. The first kappa shape index (κ1) is 9.10. The molecule has 0 bridgehead atoms. The highest BCUT2D eigenvalue weighted by atomic mass is 79.9. The van der Waals surface area contributed by atoms with Crippen molar-refractivity contribution in [1.82, 2.24) is 0 Å². The second-order valence-corrected chi connectivity index (χ2v) is 3.46. The van der Waals surface area contributed by atoms with E-state index < -0.39 is 0 Å². The van der Waals surface area contributed by atoms with Gasteiger partial charge >= 0.3 is 0 Å². The molecule has 0 unspecified atom stereocenters. The Morgan fingerprint density at radius 1 is 1.42 bits per heavy atom. The van der Waals surface area contributed by atoms with Gasteiger partial charge in [-0.15, -0.1) is 0 Å². The van der Waals surface area contributed by atoms with E-state index in [1.807, 2.05) is 26.0 Å². The molecule has 0 aromatic heterocycles. The maximum absolute atomic E-state index is 8.28. The highest BCUT2D eigenvalue weighted by Gasteiger charge is 2.01. The standard InChI is InChI=1S/C8H8BrN3/c1-5-3-6(2)8(11-12-10)7(9)4-5/h3-4H,1-2H3. The van der Waals surface area contributed by atoms with Gasteiger partial charge in [-0.3, -0.25) is 0 Å². The zero-order valence-electron chi connectivity index (χ0n) is 6.87. The van der Waals surface area contributed by atoms with Crippen LogP contribution < -0.4 is 0 Å². The van der Waals surface area contributed by atoms with Crippen LogP contribution in [-0.2, 0) is 0 Å². The van der Waals surface area contributed by atoms with Crippen molar-refractivity contribution in [3.05, 3.63) is 38.2 Å². The molecule has 1 aromatic carbocycles. The van der Waals surface area contributed by atoms with Crippen LogP contribution in [0.2, 0.25) is 0 Å². The van der Waals surface area contributed by atoms with Gasteiger partial charge in [-0.25, -0.2) is 0 Å². The fourth-order valence-electron chi connectivity index (χ4n) is 1.08. The third-order valence-electron chi connectivity index (χ3n) is 1.54. The van der Waals surface area contributed by atoms with Gasteiger partial charge in [0.25, 0.3) is 0 Å². The average molecular weight is 226 g/mol. The van der Waals surface area contributed by atoms with Gasteiger partial charge in [0, 0.05) is 9.38 Å². The maximum atomic E-state index is 8.28. The van der Waals surface area contributed by atoms with E-state index in [2.05, 4.69) is 26.0 Å². The van der Waals surface area contributed by atoms with Crippen molar-refractivity contribution in [3.8, 4) is 0 Å². The Bertz CT molecular complexity index is 330. The minimum absolute atomic E-state index is 0.670. The Morgan fingerprint density at radius 2 is 2.08 bits per heavy atom. The molecule has 0 spiro atoms. The Kier molecular flexibility index (Phi) is 2.74. The van der Waals surface area contributed by atoms with Crippen molar-refractivity contribution in [3.63, 3.8) is 0 Å². The summed E-state index contributed by atoms with van der Waals surface area (Å²) in [7, 11) is 0. The number of benzene rings is 1. The maximum Gasteiger partial charge on any atom is 0.0546 e. The van der Waals surface area contributed by atoms with Crippen LogP contribution in [0, 0.1) is 13.8 Å². The quantitative estimate of drug-likeness (QED) is 0.394. The molecular weight excluding hydrogens is 218 g/mol. The molecule has 1 rings (SSSR count). The van der Waals surface area contributed by atoms with E-state index in [9.17, 15) is 0 Å². The number of hydrogen-bond acceptors (Lipinski definition) is 1. The molecule has 0 aliphatic carbocycles. The van der Waals surface area contributed by atoms with E-state index >= 15 is 0 Å². The van der Waals surface area contributed by atoms with Crippen LogP contribution in [-0.4, -0.2) is 0 Å². The first-order valence-electron chi connectivity index (χ1n) is 3.47. The third kappa shape index (κ3) is 1.78. The summed E-state index contributed by atoms with van der Waals surface area (Å²) < 4.78 is 0.845. The van der Waals surface area contributed by atoms with Gasteiger partial charge in [0.05, 0.1) is 5.69 Å². The number of hydrogen-bond donors (Lipinski definition) is 0. The van der Waals surface area contributed by atoms with Crippen LogP contribution in [0.15, 0.2) is 21.7 Å². The molecule has 0 heterocycles. The van der Waals surface area contributed by atoms with Gasteiger partial charge in [-0.1, -0.05) is 27.1 Å². The largest absolute Gasteiger partial charge is 0.0593 e. The van der Waals surface area contributed by atoms with E-state index in [1.54, 1.807) is 0 Å². The number of nitrogens with zero attached hydrogens (tertiary/aromatic N) is 3. The summed E-state index contributed by atoms with van der Waals surface area (Å²) in [5, 5.41) is 3.58. The van der Waals surface area contributed by atoms with E-state index in [4.69, 9.17) is 5.53 Å². The van der Waals surface area contributed by atoms with E-state index in [0.717, 1.165) is 15.6 Å². The van der Waals surface area contributed by atoms with Crippen molar-refractivity contribution in [2.45, 2.75) is 13.8 Å². The van der Waals surface area contributed by atoms with E-state index in [1.165, 1.54) is 0 Å². The summed E-state index contributed by atoms with van der Waals surface area (Å²) in [4.78, 5) is 2.75.